The van der Waals surface area contributed by atoms with Gasteiger partial charge in [-0.15, -0.1) is 0 Å². The van der Waals surface area contributed by atoms with Crippen molar-refractivity contribution in [3.63, 3.8) is 0 Å². The second kappa shape index (κ2) is 9.75. The maximum absolute atomic E-state index is 13.8. The Bertz CT molecular complexity index is 1200. The summed E-state index contributed by atoms with van der Waals surface area (Å²) in [5.41, 5.74) is 2.20. The molecule has 34 heavy (non-hydrogen) atoms. The zero-order chi connectivity index (χ0) is 24.4. The molecule has 3 aromatic rings. The number of hydrogen-bond acceptors (Lipinski definition) is 6. The first-order valence-electron chi connectivity index (χ1n) is 11.8. The monoisotopic (exact) mass is 465 g/mol. The summed E-state index contributed by atoms with van der Waals surface area (Å²) < 4.78 is 12.9. The summed E-state index contributed by atoms with van der Waals surface area (Å²) in [7, 11) is 0. The van der Waals surface area contributed by atoms with Crippen LogP contribution in [0.1, 0.15) is 45.7 Å². The van der Waals surface area contributed by atoms with Crippen molar-refractivity contribution >= 4 is 28.9 Å². The summed E-state index contributed by atoms with van der Waals surface area (Å²) in [5, 5.41) is 10.3. The normalized spacial score (nSPS) is 17.8. The van der Waals surface area contributed by atoms with Crippen LogP contribution in [0.25, 0.3) is 11.0 Å². The molecule has 0 unspecified atom stereocenters. The number of fused-ring (bicyclic) bond motifs is 3. The predicted molar refractivity (Wildman–Crippen MR) is 129 cm³/mol. The highest BCUT2D eigenvalue weighted by molar-refractivity contribution is 6.08. The third-order valence-corrected chi connectivity index (χ3v) is 6.04. The number of nitrogens with zero attached hydrogens (tertiary/aromatic N) is 3. The van der Waals surface area contributed by atoms with Crippen molar-refractivity contribution in [2.45, 2.75) is 40.2 Å². The molecule has 0 fully saturated rings. The Labute approximate surface area is 199 Å². The Balaban J connectivity index is 1.96. The first kappa shape index (κ1) is 23.6. The molecule has 2 aromatic carbocycles. The molecular formula is C26H31N3O5. The van der Waals surface area contributed by atoms with E-state index in [9.17, 15) is 14.7 Å². The average molecular weight is 466 g/mol. The lowest BCUT2D eigenvalue weighted by molar-refractivity contribution is -0.153. The van der Waals surface area contributed by atoms with E-state index in [1.165, 1.54) is 6.07 Å². The van der Waals surface area contributed by atoms with Crippen LogP contribution in [0.15, 0.2) is 42.5 Å². The quantitative estimate of drug-likeness (QED) is 0.394. The lowest BCUT2D eigenvalue weighted by Gasteiger charge is -2.38. The van der Waals surface area contributed by atoms with Gasteiger partial charge in [0.2, 0.25) is 11.9 Å². The van der Waals surface area contributed by atoms with E-state index in [1.807, 2.05) is 35.8 Å². The highest BCUT2D eigenvalue weighted by atomic mass is 16.5. The standard InChI is InChI=1S/C26H31N3O5/c1-5-33-21-15-17(11-12-20(21)30)23-22(25(32)34-6-2)24(31)28(14-13-16(3)4)26-27-18-9-7-8-10-19(18)29(23)26/h7-12,15-16,22-23,30H,5-6,13-14H2,1-4H3/t22-,23+/m0/s1. The van der Waals surface area contributed by atoms with Gasteiger partial charge in [-0.1, -0.05) is 32.0 Å². The fourth-order valence-corrected chi connectivity index (χ4v) is 4.43. The molecule has 1 amide bonds. The number of ether oxygens (including phenoxy) is 2. The molecule has 2 heterocycles. The minimum atomic E-state index is -1.10. The fourth-order valence-electron chi connectivity index (χ4n) is 4.43. The van der Waals surface area contributed by atoms with Crippen molar-refractivity contribution < 1.29 is 24.2 Å². The Hall–Kier alpha value is -3.55. The van der Waals surface area contributed by atoms with E-state index in [1.54, 1.807) is 24.0 Å². The summed E-state index contributed by atoms with van der Waals surface area (Å²) in [4.78, 5) is 33.5. The number of aromatic nitrogens is 2. The van der Waals surface area contributed by atoms with Gasteiger partial charge in [-0.3, -0.25) is 14.5 Å². The molecule has 8 nitrogen and oxygen atoms in total. The van der Waals surface area contributed by atoms with Gasteiger partial charge in [0.1, 0.15) is 0 Å². The number of carbonyl (C=O) groups excluding carboxylic acids is 2. The Kier molecular flexibility index (Phi) is 6.77. The molecule has 1 aromatic heterocycles. The van der Waals surface area contributed by atoms with Crippen LogP contribution in [0.2, 0.25) is 0 Å². The summed E-state index contributed by atoms with van der Waals surface area (Å²) >= 11 is 0. The van der Waals surface area contributed by atoms with Gasteiger partial charge < -0.3 is 19.1 Å². The maximum Gasteiger partial charge on any atom is 0.321 e. The van der Waals surface area contributed by atoms with Crippen LogP contribution in [0.4, 0.5) is 5.95 Å². The molecule has 2 atom stereocenters. The van der Waals surface area contributed by atoms with Crippen LogP contribution < -0.4 is 9.64 Å². The topological polar surface area (TPSA) is 93.9 Å². The van der Waals surface area contributed by atoms with E-state index in [0.717, 1.165) is 17.5 Å². The maximum atomic E-state index is 13.8. The molecule has 0 bridgehead atoms. The summed E-state index contributed by atoms with van der Waals surface area (Å²) in [6.45, 7) is 8.71. The van der Waals surface area contributed by atoms with E-state index in [0.29, 0.717) is 36.3 Å². The van der Waals surface area contributed by atoms with Crippen molar-refractivity contribution in [1.29, 1.82) is 0 Å². The largest absolute Gasteiger partial charge is 0.504 e. The predicted octanol–water partition coefficient (Wildman–Crippen LogP) is 4.30. The van der Waals surface area contributed by atoms with Gasteiger partial charge in [0.15, 0.2) is 17.4 Å². The van der Waals surface area contributed by atoms with Gasteiger partial charge >= 0.3 is 5.97 Å². The first-order valence-corrected chi connectivity index (χ1v) is 11.8. The lowest BCUT2D eigenvalue weighted by Crippen LogP contribution is -2.50. The lowest BCUT2D eigenvalue weighted by atomic mass is 9.89. The second-order valence-electron chi connectivity index (χ2n) is 8.78. The number of imidazole rings is 1. The van der Waals surface area contributed by atoms with Crippen LogP contribution in [-0.2, 0) is 14.3 Å². The zero-order valence-corrected chi connectivity index (χ0v) is 20.0. The van der Waals surface area contributed by atoms with Gasteiger partial charge in [-0.05, 0) is 56.0 Å². The average Bonchev–Trinajstić information content (AvgIpc) is 3.18. The van der Waals surface area contributed by atoms with Crippen LogP contribution in [-0.4, -0.2) is 46.3 Å². The number of benzene rings is 2. The molecular weight excluding hydrogens is 434 g/mol. The van der Waals surface area contributed by atoms with Gasteiger partial charge in [0, 0.05) is 6.54 Å². The number of rotatable bonds is 8. The third kappa shape index (κ3) is 4.20. The third-order valence-electron chi connectivity index (χ3n) is 6.04. The first-order chi connectivity index (χ1) is 16.4. The number of anilines is 1. The Morgan fingerprint density at radius 2 is 1.91 bits per heavy atom. The molecule has 1 aliphatic rings. The Morgan fingerprint density at radius 1 is 1.15 bits per heavy atom. The molecule has 1 aliphatic heterocycles. The molecule has 1 N–H and O–H groups in total. The molecule has 0 saturated heterocycles. The van der Waals surface area contributed by atoms with Crippen LogP contribution in [0.5, 0.6) is 11.5 Å². The number of hydrogen-bond donors (Lipinski definition) is 1. The highest BCUT2D eigenvalue weighted by Gasteiger charge is 2.47. The minimum absolute atomic E-state index is 0.00491. The number of esters is 1. The SMILES string of the molecule is CCOC(=O)[C@@H]1C(=O)N(CCC(C)C)c2nc3ccccc3n2[C@@H]1c1ccc(O)c(OCC)c1. The van der Waals surface area contributed by atoms with Crippen LogP contribution in [0, 0.1) is 11.8 Å². The number of phenolic OH excluding ortho intramolecular Hbond substituents is 1. The van der Waals surface area contributed by atoms with Gasteiger partial charge in [0.05, 0.1) is 30.3 Å². The van der Waals surface area contributed by atoms with Crippen molar-refractivity contribution in [1.82, 2.24) is 9.55 Å². The van der Waals surface area contributed by atoms with Gasteiger partial charge in [0.25, 0.3) is 0 Å². The fraction of sp³-hybridized carbons (Fsp3) is 0.423. The van der Waals surface area contributed by atoms with E-state index in [-0.39, 0.29) is 18.3 Å². The van der Waals surface area contributed by atoms with Crippen molar-refractivity contribution in [3.8, 4) is 11.5 Å². The van der Waals surface area contributed by atoms with E-state index in [2.05, 4.69) is 13.8 Å². The van der Waals surface area contributed by atoms with Crippen molar-refractivity contribution in [2.24, 2.45) is 11.8 Å². The van der Waals surface area contributed by atoms with Crippen molar-refractivity contribution in [3.05, 3.63) is 48.0 Å². The van der Waals surface area contributed by atoms with Crippen LogP contribution >= 0.6 is 0 Å². The molecule has 0 saturated carbocycles. The van der Waals surface area contributed by atoms with Crippen LogP contribution in [0.3, 0.4) is 0 Å². The van der Waals surface area contributed by atoms with Gasteiger partial charge in [-0.25, -0.2) is 4.98 Å². The summed E-state index contributed by atoms with van der Waals surface area (Å²) in [5.74, 6) is -0.854. The number of amides is 1. The summed E-state index contributed by atoms with van der Waals surface area (Å²) in [6, 6.07) is 11.8. The minimum Gasteiger partial charge on any atom is -0.504 e. The molecule has 4 rings (SSSR count). The molecule has 0 aliphatic carbocycles. The molecule has 0 radical (unpaired) electrons. The van der Waals surface area contributed by atoms with Crippen molar-refractivity contribution in [2.75, 3.05) is 24.7 Å². The summed E-state index contributed by atoms with van der Waals surface area (Å²) in [6.07, 6.45) is 0.767. The molecule has 180 valence electrons. The van der Waals surface area contributed by atoms with E-state index >= 15 is 0 Å². The zero-order valence-electron chi connectivity index (χ0n) is 20.0. The van der Waals surface area contributed by atoms with Gasteiger partial charge in [-0.2, -0.15) is 0 Å². The second-order valence-corrected chi connectivity index (χ2v) is 8.78. The highest BCUT2D eigenvalue weighted by Crippen LogP contribution is 2.43. The number of para-hydroxylation sites is 2. The number of carbonyl (C=O) groups is 2. The molecule has 0 spiro atoms. The van der Waals surface area contributed by atoms with E-state index in [4.69, 9.17) is 14.5 Å². The van der Waals surface area contributed by atoms with E-state index < -0.39 is 17.9 Å². The smallest absolute Gasteiger partial charge is 0.321 e. The molecule has 8 heteroatoms. The Morgan fingerprint density at radius 3 is 2.62 bits per heavy atom. The number of aromatic hydroxyl groups is 1. The number of phenols is 1.